The van der Waals surface area contributed by atoms with Crippen molar-refractivity contribution in [1.29, 1.82) is 0 Å². The summed E-state index contributed by atoms with van der Waals surface area (Å²) in [5.41, 5.74) is 1.10. The van der Waals surface area contributed by atoms with Crippen molar-refractivity contribution in [3.63, 3.8) is 0 Å². The fraction of sp³-hybridized carbons (Fsp3) is 0.294. The van der Waals surface area contributed by atoms with Gasteiger partial charge in [-0.05, 0) is 18.2 Å². The second-order valence-corrected chi connectivity index (χ2v) is 6.83. The van der Waals surface area contributed by atoms with E-state index in [0.29, 0.717) is 17.2 Å². The maximum absolute atomic E-state index is 12.2. The Labute approximate surface area is 164 Å². The first kappa shape index (κ1) is 19.7. The zero-order chi connectivity index (χ0) is 20.1. The van der Waals surface area contributed by atoms with Gasteiger partial charge in [-0.1, -0.05) is 17.8 Å². The fourth-order valence-electron chi connectivity index (χ4n) is 2.56. The number of β-amino-alcohol motifs (C(OH)–C–C–N with tert-alkyl or cyclic N) is 1. The molecule has 28 heavy (non-hydrogen) atoms. The van der Waals surface area contributed by atoms with E-state index in [4.69, 9.17) is 5.11 Å². The molecular formula is C17H18N6O4S. The van der Waals surface area contributed by atoms with Crippen LogP contribution in [0, 0.1) is 5.92 Å². The Morgan fingerprint density at radius 2 is 2.00 bits per heavy atom. The lowest BCUT2D eigenvalue weighted by atomic mass is 10.1. The smallest absolute Gasteiger partial charge is 0.264 e. The van der Waals surface area contributed by atoms with Crippen molar-refractivity contribution >= 4 is 58.1 Å². The van der Waals surface area contributed by atoms with Crippen LogP contribution in [-0.4, -0.2) is 64.0 Å². The van der Waals surface area contributed by atoms with Crippen molar-refractivity contribution in [3.8, 4) is 0 Å². The average Bonchev–Trinajstić information content (AvgIpc) is 3.04. The summed E-state index contributed by atoms with van der Waals surface area (Å²) in [6.45, 7) is 1.50. The number of nitrogens with zero attached hydrogens (tertiary/aromatic N) is 4. The molecule has 1 unspecified atom stereocenters. The van der Waals surface area contributed by atoms with Gasteiger partial charge in [0.15, 0.2) is 5.17 Å². The van der Waals surface area contributed by atoms with E-state index in [2.05, 4.69) is 25.7 Å². The number of thioether (sulfide) groups is 1. The van der Waals surface area contributed by atoms with Crippen LogP contribution in [0.4, 0.5) is 11.4 Å². The third kappa shape index (κ3) is 4.81. The first-order valence-electron chi connectivity index (χ1n) is 8.40. The number of aliphatic hydroxyl groups excluding tert-OH is 1. The summed E-state index contributed by atoms with van der Waals surface area (Å²) in [6.07, 6.45) is 1.44. The van der Waals surface area contributed by atoms with Crippen LogP contribution in [-0.2, 0) is 14.4 Å². The van der Waals surface area contributed by atoms with E-state index in [1.54, 1.807) is 24.3 Å². The molecule has 3 rings (SSSR count). The molecule has 1 aromatic carbocycles. The van der Waals surface area contributed by atoms with Gasteiger partial charge in [0.25, 0.3) is 5.91 Å². The number of carbonyl (C=O) groups excluding carboxylic acids is 3. The third-order valence-electron chi connectivity index (χ3n) is 3.69. The number of amidine groups is 2. The van der Waals surface area contributed by atoms with Crippen LogP contribution in [0.1, 0.15) is 6.92 Å². The third-order valence-corrected chi connectivity index (χ3v) is 4.54. The number of hydrazone groups is 1. The number of aliphatic hydroxyl groups is 1. The van der Waals surface area contributed by atoms with E-state index in [1.165, 1.54) is 18.1 Å². The Kier molecular flexibility index (Phi) is 6.16. The molecule has 2 aliphatic heterocycles. The van der Waals surface area contributed by atoms with Crippen LogP contribution < -0.4 is 10.6 Å². The molecule has 0 saturated carbocycles. The van der Waals surface area contributed by atoms with E-state index in [9.17, 15) is 14.4 Å². The van der Waals surface area contributed by atoms with Gasteiger partial charge in [0, 0.05) is 24.5 Å². The molecule has 3 N–H and O–H groups in total. The average molecular weight is 402 g/mol. The van der Waals surface area contributed by atoms with Crippen molar-refractivity contribution in [2.75, 3.05) is 29.5 Å². The molecule has 0 spiro atoms. The number of hydrogen-bond donors (Lipinski definition) is 3. The molecule has 1 atom stereocenters. The molecule has 146 valence electrons. The Morgan fingerprint density at radius 3 is 2.71 bits per heavy atom. The maximum atomic E-state index is 12.2. The van der Waals surface area contributed by atoms with E-state index in [1.807, 2.05) is 0 Å². The Bertz CT molecular complexity index is 897. The van der Waals surface area contributed by atoms with E-state index < -0.39 is 11.8 Å². The normalized spacial score (nSPS) is 17.7. The molecule has 0 radical (unpaired) electrons. The highest BCUT2D eigenvalue weighted by Gasteiger charge is 2.35. The van der Waals surface area contributed by atoms with Crippen LogP contribution >= 0.6 is 11.8 Å². The second kappa shape index (κ2) is 8.76. The lowest BCUT2D eigenvalue weighted by Crippen LogP contribution is -2.35. The topological polar surface area (TPSA) is 136 Å². The molecule has 1 aromatic rings. The number of anilines is 2. The predicted octanol–water partition coefficient (Wildman–Crippen LogP) is 0.521. The molecule has 2 aliphatic rings. The summed E-state index contributed by atoms with van der Waals surface area (Å²) in [5, 5.41) is 20.1. The monoisotopic (exact) mass is 402 g/mol. The predicted molar refractivity (Wildman–Crippen MR) is 107 cm³/mol. The first-order valence-corrected chi connectivity index (χ1v) is 9.39. The number of benzene rings is 1. The van der Waals surface area contributed by atoms with Crippen molar-refractivity contribution in [2.24, 2.45) is 21.0 Å². The molecule has 0 aromatic heterocycles. The molecule has 0 saturated heterocycles. The first-order chi connectivity index (χ1) is 13.5. The van der Waals surface area contributed by atoms with Gasteiger partial charge in [-0.2, -0.15) is 10.1 Å². The molecule has 0 fully saturated rings. The number of amides is 3. The zero-order valence-corrected chi connectivity index (χ0v) is 15.8. The molecule has 2 heterocycles. The quantitative estimate of drug-likeness (QED) is 0.635. The number of hydrogen-bond acceptors (Lipinski definition) is 8. The highest BCUT2D eigenvalue weighted by molar-refractivity contribution is 8.14. The van der Waals surface area contributed by atoms with Gasteiger partial charge in [-0.25, -0.2) is 10.0 Å². The van der Waals surface area contributed by atoms with E-state index in [0.717, 1.165) is 11.8 Å². The summed E-state index contributed by atoms with van der Waals surface area (Å²) >= 11 is 1.03. The van der Waals surface area contributed by atoms with Crippen LogP contribution in [0.25, 0.3) is 0 Å². The minimum Gasteiger partial charge on any atom is -0.394 e. The Morgan fingerprint density at radius 1 is 1.25 bits per heavy atom. The van der Waals surface area contributed by atoms with Gasteiger partial charge >= 0.3 is 0 Å². The molecule has 11 heteroatoms. The standard InChI is InChI=1S/C17H18N6O4S/c1-10(25)19-11-3-2-4-12(7-11)20-14(26)9-28-17-21-15-13(16(27)22-17)8-18-23(15)5-6-24/h2-4,7-8,13,24H,5-6,9H2,1H3,(H,19,25)(H,20,26). The van der Waals surface area contributed by atoms with Crippen molar-refractivity contribution in [1.82, 2.24) is 5.01 Å². The Hall–Kier alpha value is -3.05. The second-order valence-electron chi connectivity index (χ2n) is 5.89. The number of rotatable bonds is 6. The van der Waals surface area contributed by atoms with Gasteiger partial charge in [0.2, 0.25) is 11.8 Å². The maximum Gasteiger partial charge on any atom is 0.264 e. The van der Waals surface area contributed by atoms with Gasteiger partial charge < -0.3 is 15.7 Å². The van der Waals surface area contributed by atoms with Crippen LogP contribution in [0.15, 0.2) is 39.4 Å². The molecule has 0 bridgehead atoms. The zero-order valence-electron chi connectivity index (χ0n) is 15.0. The van der Waals surface area contributed by atoms with Crippen LogP contribution in [0.5, 0.6) is 0 Å². The number of carbonyl (C=O) groups is 3. The summed E-state index contributed by atoms with van der Waals surface area (Å²) in [6, 6.07) is 6.75. The highest BCUT2D eigenvalue weighted by Crippen LogP contribution is 2.21. The highest BCUT2D eigenvalue weighted by atomic mass is 32.2. The summed E-state index contributed by atoms with van der Waals surface area (Å²) < 4.78 is 0. The van der Waals surface area contributed by atoms with Crippen LogP contribution in [0.3, 0.4) is 0 Å². The summed E-state index contributed by atoms with van der Waals surface area (Å²) in [4.78, 5) is 43.6. The fourth-order valence-corrected chi connectivity index (χ4v) is 3.20. The van der Waals surface area contributed by atoms with Gasteiger partial charge in [0.1, 0.15) is 11.8 Å². The van der Waals surface area contributed by atoms with Crippen molar-refractivity contribution in [3.05, 3.63) is 24.3 Å². The lowest BCUT2D eigenvalue weighted by Gasteiger charge is -2.19. The number of nitrogens with one attached hydrogen (secondary N) is 2. The van der Waals surface area contributed by atoms with Crippen molar-refractivity contribution in [2.45, 2.75) is 6.92 Å². The van der Waals surface area contributed by atoms with Crippen LogP contribution in [0.2, 0.25) is 0 Å². The van der Waals surface area contributed by atoms with Crippen molar-refractivity contribution < 1.29 is 19.5 Å². The molecule has 10 nitrogen and oxygen atoms in total. The van der Waals surface area contributed by atoms with E-state index in [-0.39, 0.29) is 35.9 Å². The summed E-state index contributed by atoms with van der Waals surface area (Å²) in [5.74, 6) is -1.15. The van der Waals surface area contributed by atoms with Gasteiger partial charge in [0.05, 0.1) is 18.9 Å². The molecular weight excluding hydrogens is 384 g/mol. The van der Waals surface area contributed by atoms with Gasteiger partial charge in [-0.15, -0.1) is 0 Å². The van der Waals surface area contributed by atoms with Gasteiger partial charge in [-0.3, -0.25) is 14.4 Å². The Balaban J connectivity index is 1.58. The summed E-state index contributed by atoms with van der Waals surface area (Å²) in [7, 11) is 0. The largest absolute Gasteiger partial charge is 0.394 e. The number of aliphatic imine (C=N–C) groups is 2. The molecule has 0 aliphatic carbocycles. The lowest BCUT2D eigenvalue weighted by molar-refractivity contribution is -0.118. The minimum absolute atomic E-state index is 0.00121. The minimum atomic E-state index is -0.638. The SMILES string of the molecule is CC(=O)Nc1cccc(NC(=O)CSC2=NC(=O)C3C=NN(CCO)C3=N2)c1. The van der Waals surface area contributed by atoms with E-state index >= 15 is 0 Å². The number of fused-ring (bicyclic) bond motifs is 1. The molecule has 3 amide bonds.